The molecule has 0 N–H and O–H groups in total. The molecule has 6 heteroatoms. The molecule has 3 aliphatic heterocycles. The van der Waals surface area contributed by atoms with Gasteiger partial charge in [-0.2, -0.15) is 0 Å². The molecule has 3 heterocycles. The summed E-state index contributed by atoms with van der Waals surface area (Å²) in [4.78, 5) is 29.0. The molecule has 1 aromatic carbocycles. The van der Waals surface area contributed by atoms with Crippen LogP contribution in [0.3, 0.4) is 0 Å². The summed E-state index contributed by atoms with van der Waals surface area (Å²) in [6, 6.07) is 7.49. The monoisotopic (exact) mass is 386 g/mol. The molecule has 4 rings (SSSR count). The molecule has 0 aromatic heterocycles. The summed E-state index contributed by atoms with van der Waals surface area (Å²) in [5.41, 5.74) is 0.693. The van der Waals surface area contributed by atoms with Crippen LogP contribution in [0.15, 0.2) is 24.3 Å². The van der Waals surface area contributed by atoms with E-state index in [-0.39, 0.29) is 17.9 Å². The predicted molar refractivity (Wildman–Crippen MR) is 105 cm³/mol. The normalized spacial score (nSPS) is 25.1. The van der Waals surface area contributed by atoms with E-state index in [1.807, 2.05) is 34.1 Å². The van der Waals surface area contributed by atoms with Gasteiger partial charge in [0.15, 0.2) is 0 Å². The summed E-state index contributed by atoms with van der Waals surface area (Å²) < 4.78 is 11.6. The minimum atomic E-state index is -0.243. The Labute approximate surface area is 166 Å². The number of piperidine rings is 1. The first kappa shape index (κ1) is 19.2. The summed E-state index contributed by atoms with van der Waals surface area (Å²) >= 11 is 0. The van der Waals surface area contributed by atoms with Crippen LogP contribution in [0.1, 0.15) is 48.9 Å². The van der Waals surface area contributed by atoms with E-state index in [1.54, 1.807) is 0 Å². The zero-order chi connectivity index (χ0) is 19.3. The smallest absolute Gasteiger partial charge is 0.253 e. The summed E-state index contributed by atoms with van der Waals surface area (Å²) in [6.07, 6.45) is 5.81. The van der Waals surface area contributed by atoms with Crippen LogP contribution in [0.25, 0.3) is 0 Å². The van der Waals surface area contributed by atoms with E-state index in [4.69, 9.17) is 9.47 Å². The number of rotatable bonds is 5. The van der Waals surface area contributed by atoms with Crippen LogP contribution in [0.4, 0.5) is 0 Å². The van der Waals surface area contributed by atoms with Gasteiger partial charge < -0.3 is 19.3 Å². The molecule has 0 aliphatic carbocycles. The molecule has 3 aliphatic rings. The predicted octanol–water partition coefficient (Wildman–Crippen LogP) is 2.72. The Kier molecular flexibility index (Phi) is 6.15. The maximum absolute atomic E-state index is 12.6. The highest BCUT2D eigenvalue weighted by molar-refractivity contribution is 5.94. The SMILES string of the molecule is O=C(c1cccc(OC[C@@H]2CCCN(C(=O)[C@@H]3CCCO3)C2)c1)N1CCCC1. The van der Waals surface area contributed by atoms with Gasteiger partial charge in [0.05, 0.1) is 6.61 Å². The van der Waals surface area contributed by atoms with Crippen molar-refractivity contribution in [3.8, 4) is 5.75 Å². The average Bonchev–Trinajstić information content (AvgIpc) is 3.46. The third-order valence-electron chi connectivity index (χ3n) is 6.00. The van der Waals surface area contributed by atoms with Crippen LogP contribution in [0.2, 0.25) is 0 Å². The van der Waals surface area contributed by atoms with Gasteiger partial charge in [-0.1, -0.05) is 6.07 Å². The van der Waals surface area contributed by atoms with Crippen LogP contribution in [-0.2, 0) is 9.53 Å². The quantitative estimate of drug-likeness (QED) is 0.781. The summed E-state index contributed by atoms with van der Waals surface area (Å²) in [7, 11) is 0. The van der Waals surface area contributed by atoms with Gasteiger partial charge in [-0.05, 0) is 56.7 Å². The second-order valence-corrected chi connectivity index (χ2v) is 8.13. The number of amides is 2. The Bertz CT molecular complexity index is 696. The largest absolute Gasteiger partial charge is 0.493 e. The van der Waals surface area contributed by atoms with Gasteiger partial charge in [0.1, 0.15) is 11.9 Å². The van der Waals surface area contributed by atoms with E-state index in [0.717, 1.165) is 70.5 Å². The van der Waals surface area contributed by atoms with Crippen LogP contribution in [-0.4, -0.2) is 67.1 Å². The van der Waals surface area contributed by atoms with Crippen molar-refractivity contribution in [1.29, 1.82) is 0 Å². The minimum absolute atomic E-state index is 0.0916. The molecule has 28 heavy (non-hydrogen) atoms. The molecule has 0 saturated carbocycles. The number of benzene rings is 1. The lowest BCUT2D eigenvalue weighted by Gasteiger charge is -2.34. The average molecular weight is 386 g/mol. The second kappa shape index (κ2) is 8.95. The van der Waals surface area contributed by atoms with Gasteiger partial charge >= 0.3 is 0 Å². The van der Waals surface area contributed by atoms with Crippen LogP contribution in [0, 0.1) is 5.92 Å². The van der Waals surface area contributed by atoms with Gasteiger partial charge in [0.25, 0.3) is 11.8 Å². The molecule has 3 saturated heterocycles. The maximum Gasteiger partial charge on any atom is 0.253 e. The van der Waals surface area contributed by atoms with Crippen molar-refractivity contribution in [2.45, 2.75) is 44.6 Å². The van der Waals surface area contributed by atoms with E-state index in [9.17, 15) is 9.59 Å². The number of likely N-dealkylation sites (tertiary alicyclic amines) is 2. The first-order chi connectivity index (χ1) is 13.7. The van der Waals surface area contributed by atoms with Gasteiger partial charge in [-0.25, -0.2) is 0 Å². The lowest BCUT2D eigenvalue weighted by Crippen LogP contribution is -2.45. The molecule has 1 aromatic rings. The van der Waals surface area contributed by atoms with Crippen molar-refractivity contribution < 1.29 is 19.1 Å². The van der Waals surface area contributed by atoms with Gasteiger partial charge in [0.2, 0.25) is 0 Å². The van der Waals surface area contributed by atoms with E-state index < -0.39 is 0 Å². The first-order valence-corrected chi connectivity index (χ1v) is 10.6. The Morgan fingerprint density at radius 1 is 1.04 bits per heavy atom. The lowest BCUT2D eigenvalue weighted by atomic mass is 9.98. The van der Waals surface area contributed by atoms with Crippen molar-refractivity contribution in [2.75, 3.05) is 39.4 Å². The number of nitrogens with zero attached hydrogens (tertiary/aromatic N) is 2. The second-order valence-electron chi connectivity index (χ2n) is 8.13. The van der Waals surface area contributed by atoms with Gasteiger partial charge in [0, 0.05) is 44.3 Å². The molecule has 152 valence electrons. The zero-order valence-corrected chi connectivity index (χ0v) is 16.5. The molecular weight excluding hydrogens is 356 g/mol. The molecule has 0 bridgehead atoms. The van der Waals surface area contributed by atoms with E-state index >= 15 is 0 Å². The Morgan fingerprint density at radius 2 is 1.86 bits per heavy atom. The van der Waals surface area contributed by atoms with E-state index in [1.165, 1.54) is 0 Å². The van der Waals surface area contributed by atoms with Crippen molar-refractivity contribution in [1.82, 2.24) is 9.80 Å². The topological polar surface area (TPSA) is 59.1 Å². The molecule has 6 nitrogen and oxygen atoms in total. The number of ether oxygens (including phenoxy) is 2. The molecular formula is C22H30N2O4. The third kappa shape index (κ3) is 4.49. The number of carbonyl (C=O) groups excluding carboxylic acids is 2. The third-order valence-corrected chi connectivity index (χ3v) is 6.00. The van der Waals surface area contributed by atoms with Gasteiger partial charge in [-0.15, -0.1) is 0 Å². The van der Waals surface area contributed by atoms with Crippen molar-refractivity contribution in [3.63, 3.8) is 0 Å². The van der Waals surface area contributed by atoms with E-state index in [2.05, 4.69) is 0 Å². The molecule has 0 radical (unpaired) electrons. The highest BCUT2D eigenvalue weighted by Crippen LogP contribution is 2.23. The summed E-state index contributed by atoms with van der Waals surface area (Å²) in [5, 5.41) is 0. The summed E-state index contributed by atoms with van der Waals surface area (Å²) in [5.74, 6) is 1.28. The maximum atomic E-state index is 12.6. The Hall–Kier alpha value is -2.08. The molecule has 0 unspecified atom stereocenters. The van der Waals surface area contributed by atoms with Crippen LogP contribution in [0.5, 0.6) is 5.75 Å². The molecule has 2 amide bonds. The lowest BCUT2D eigenvalue weighted by molar-refractivity contribution is -0.143. The number of hydrogen-bond donors (Lipinski definition) is 0. The summed E-state index contributed by atoms with van der Waals surface area (Å²) in [6.45, 7) is 4.50. The number of carbonyl (C=O) groups is 2. The standard InChI is InChI=1S/C22H30N2O4/c25-21(23-10-1-2-11-23)18-7-3-8-19(14-18)28-16-17-6-4-12-24(15-17)22(26)20-9-5-13-27-20/h3,7-8,14,17,20H,1-2,4-6,9-13,15-16H2/t17-,20+/m1/s1. The fraction of sp³-hybridized carbons (Fsp3) is 0.636. The fourth-order valence-corrected chi connectivity index (χ4v) is 4.41. The van der Waals surface area contributed by atoms with E-state index in [0.29, 0.717) is 24.7 Å². The first-order valence-electron chi connectivity index (χ1n) is 10.6. The molecule has 2 atom stereocenters. The van der Waals surface area contributed by atoms with Crippen LogP contribution < -0.4 is 4.74 Å². The van der Waals surface area contributed by atoms with Crippen molar-refractivity contribution in [2.24, 2.45) is 5.92 Å². The van der Waals surface area contributed by atoms with Crippen molar-refractivity contribution >= 4 is 11.8 Å². The highest BCUT2D eigenvalue weighted by Gasteiger charge is 2.31. The Morgan fingerprint density at radius 3 is 2.64 bits per heavy atom. The minimum Gasteiger partial charge on any atom is -0.493 e. The zero-order valence-electron chi connectivity index (χ0n) is 16.5. The molecule has 3 fully saturated rings. The van der Waals surface area contributed by atoms with Crippen molar-refractivity contribution in [3.05, 3.63) is 29.8 Å². The Balaban J connectivity index is 1.30. The van der Waals surface area contributed by atoms with Crippen LogP contribution >= 0.6 is 0 Å². The van der Waals surface area contributed by atoms with Gasteiger partial charge in [-0.3, -0.25) is 9.59 Å². The molecule has 0 spiro atoms. The fourth-order valence-electron chi connectivity index (χ4n) is 4.41. The number of hydrogen-bond acceptors (Lipinski definition) is 4. The highest BCUT2D eigenvalue weighted by atomic mass is 16.5.